The lowest BCUT2D eigenvalue weighted by molar-refractivity contribution is -0.147. The van der Waals surface area contributed by atoms with E-state index in [1.165, 1.54) is 34.9 Å². The highest BCUT2D eigenvalue weighted by molar-refractivity contribution is 6.30. The van der Waals surface area contributed by atoms with Crippen molar-refractivity contribution in [1.82, 2.24) is 0 Å². The minimum Gasteiger partial charge on any atom is -0.497 e. The number of hydrogen-bond donors (Lipinski definition) is 1. The first-order valence-corrected chi connectivity index (χ1v) is 15.2. The van der Waals surface area contributed by atoms with Crippen molar-refractivity contribution in [3.8, 4) is 5.75 Å². The monoisotopic (exact) mass is 587 g/mol. The minimum atomic E-state index is -0.800. The molecule has 222 valence electrons. The van der Waals surface area contributed by atoms with Crippen LogP contribution in [-0.4, -0.2) is 32.3 Å². The summed E-state index contributed by atoms with van der Waals surface area (Å²) >= 11 is 6.28. The van der Waals surface area contributed by atoms with Crippen LogP contribution in [0.4, 0.5) is 5.69 Å². The Kier molecular flexibility index (Phi) is 9.00. The quantitative estimate of drug-likeness (QED) is 0.241. The van der Waals surface area contributed by atoms with Crippen molar-refractivity contribution >= 4 is 29.3 Å². The number of fused-ring (bicyclic) bond motifs is 2. The fourth-order valence-electron chi connectivity index (χ4n) is 6.77. The molecule has 5 rings (SSSR count). The predicted octanol–water partition coefficient (Wildman–Crippen LogP) is 8.44. The molecule has 0 unspecified atom stereocenters. The van der Waals surface area contributed by atoms with Gasteiger partial charge in [-0.25, -0.2) is 4.79 Å². The number of halogens is 1. The van der Waals surface area contributed by atoms with Crippen LogP contribution < -0.4 is 10.1 Å². The third-order valence-electron chi connectivity index (χ3n) is 9.27. The molecule has 0 aliphatic heterocycles. The van der Waals surface area contributed by atoms with Crippen LogP contribution in [0.2, 0.25) is 5.02 Å². The molecule has 3 aromatic rings. The van der Waals surface area contributed by atoms with Gasteiger partial charge in [0.15, 0.2) is 0 Å². The zero-order valence-electron chi connectivity index (χ0n) is 25.4. The summed E-state index contributed by atoms with van der Waals surface area (Å²) in [5, 5.41) is 4.17. The van der Waals surface area contributed by atoms with Crippen LogP contribution in [0.5, 0.6) is 5.75 Å². The smallest absolute Gasteiger partial charge is 0.331 e. The molecule has 1 saturated carbocycles. The van der Waals surface area contributed by atoms with Crippen molar-refractivity contribution in [3.63, 3.8) is 0 Å². The molecule has 0 amide bonds. The molecule has 42 heavy (non-hydrogen) atoms. The summed E-state index contributed by atoms with van der Waals surface area (Å²) in [6, 6.07) is 20.3. The SMILES string of the molecule is COC(=O)C1(Nc2cccc(Cl)c2)CCC2(CC1)C(C[C@@H](C)COCc1ccc(OC)cc1)=Cc1cc(C)c(C)cc12. The van der Waals surface area contributed by atoms with Crippen molar-refractivity contribution in [2.75, 3.05) is 26.1 Å². The molecule has 1 fully saturated rings. The second-order valence-corrected chi connectivity index (χ2v) is 12.6. The standard InChI is InChI=1S/C36H42ClNO4/c1-24(22-42-23-27-9-11-32(40-4)12-10-27)17-29-20-28-18-25(2)26(3)19-33(28)35(29)13-15-36(16-14-35,34(39)41-5)38-31-8-6-7-30(37)21-31/h6-12,18-21,24,38H,13-17,22-23H2,1-5H3/t24-,35?,36?/m1/s1. The number of nitrogens with one attached hydrogen (secondary N) is 1. The Morgan fingerprint density at radius 2 is 1.69 bits per heavy atom. The van der Waals surface area contributed by atoms with Gasteiger partial charge in [0.2, 0.25) is 0 Å². The molecule has 0 heterocycles. The van der Waals surface area contributed by atoms with Gasteiger partial charge in [-0.05, 0) is 110 Å². The third-order valence-corrected chi connectivity index (χ3v) is 9.50. The maximum atomic E-state index is 13.3. The lowest BCUT2D eigenvalue weighted by atomic mass is 9.61. The molecule has 1 N–H and O–H groups in total. The molecule has 2 aliphatic rings. The van der Waals surface area contributed by atoms with E-state index in [2.05, 4.69) is 44.3 Å². The van der Waals surface area contributed by atoms with E-state index in [4.69, 9.17) is 25.8 Å². The average molecular weight is 588 g/mol. The molecule has 3 aromatic carbocycles. The van der Waals surface area contributed by atoms with E-state index in [1.54, 1.807) is 7.11 Å². The summed E-state index contributed by atoms with van der Waals surface area (Å²) in [5.41, 5.74) is 7.83. The number of ether oxygens (including phenoxy) is 3. The summed E-state index contributed by atoms with van der Waals surface area (Å²) < 4.78 is 16.8. The van der Waals surface area contributed by atoms with Gasteiger partial charge >= 0.3 is 5.97 Å². The summed E-state index contributed by atoms with van der Waals surface area (Å²) in [6.07, 6.45) is 6.41. The van der Waals surface area contributed by atoms with E-state index in [-0.39, 0.29) is 11.4 Å². The second kappa shape index (κ2) is 12.5. The van der Waals surface area contributed by atoms with Gasteiger partial charge in [0, 0.05) is 22.7 Å². The van der Waals surface area contributed by atoms with Crippen LogP contribution in [0.15, 0.2) is 66.2 Å². The van der Waals surface area contributed by atoms with Crippen molar-refractivity contribution in [2.45, 2.75) is 70.4 Å². The number of carbonyl (C=O) groups is 1. The predicted molar refractivity (Wildman–Crippen MR) is 170 cm³/mol. The zero-order chi connectivity index (χ0) is 29.9. The molecule has 2 aliphatic carbocycles. The average Bonchev–Trinajstić information content (AvgIpc) is 3.25. The number of benzene rings is 3. The van der Waals surface area contributed by atoms with Crippen LogP contribution in [0.3, 0.4) is 0 Å². The van der Waals surface area contributed by atoms with E-state index < -0.39 is 5.54 Å². The Balaban J connectivity index is 1.35. The van der Waals surface area contributed by atoms with Crippen LogP contribution in [-0.2, 0) is 26.3 Å². The Labute approximate surface area is 255 Å². The lowest BCUT2D eigenvalue weighted by Gasteiger charge is -2.46. The van der Waals surface area contributed by atoms with Gasteiger partial charge < -0.3 is 19.5 Å². The van der Waals surface area contributed by atoms with Crippen LogP contribution in [0.25, 0.3) is 6.08 Å². The number of carbonyl (C=O) groups excluding carboxylic acids is 1. The van der Waals surface area contributed by atoms with Gasteiger partial charge in [0.25, 0.3) is 0 Å². The molecular weight excluding hydrogens is 546 g/mol. The number of allylic oxidation sites excluding steroid dienone is 1. The van der Waals surface area contributed by atoms with Crippen molar-refractivity contribution < 1.29 is 19.0 Å². The number of anilines is 1. The Morgan fingerprint density at radius 1 is 0.976 bits per heavy atom. The Bertz CT molecular complexity index is 1450. The first-order valence-electron chi connectivity index (χ1n) is 14.8. The largest absolute Gasteiger partial charge is 0.497 e. The first kappa shape index (κ1) is 30.2. The van der Waals surface area contributed by atoms with Crippen molar-refractivity contribution in [2.24, 2.45) is 5.92 Å². The second-order valence-electron chi connectivity index (χ2n) is 12.2. The van der Waals surface area contributed by atoms with E-state index in [0.29, 0.717) is 37.0 Å². The summed E-state index contributed by atoms with van der Waals surface area (Å²) in [5.74, 6) is 0.975. The summed E-state index contributed by atoms with van der Waals surface area (Å²) in [6.45, 7) is 7.90. The molecule has 6 heteroatoms. The van der Waals surface area contributed by atoms with Crippen molar-refractivity contribution in [3.05, 3.63) is 99.1 Å². The number of aryl methyl sites for hydroxylation is 2. The van der Waals surface area contributed by atoms with Crippen LogP contribution >= 0.6 is 11.6 Å². The minimum absolute atomic E-state index is 0.106. The Hall–Kier alpha value is -3.28. The lowest BCUT2D eigenvalue weighted by Crippen LogP contribution is -2.52. The number of methoxy groups -OCH3 is 2. The molecule has 5 nitrogen and oxygen atoms in total. The first-order chi connectivity index (χ1) is 20.2. The third kappa shape index (κ3) is 6.09. The zero-order valence-corrected chi connectivity index (χ0v) is 26.1. The van der Waals surface area contributed by atoms with Gasteiger partial charge in [-0.2, -0.15) is 0 Å². The maximum Gasteiger partial charge on any atom is 0.331 e. The highest BCUT2D eigenvalue weighted by Crippen LogP contribution is 2.55. The van der Waals surface area contributed by atoms with Crippen LogP contribution in [0.1, 0.15) is 66.8 Å². The van der Waals surface area contributed by atoms with E-state index in [0.717, 1.165) is 36.3 Å². The van der Waals surface area contributed by atoms with Gasteiger partial charge in [-0.3, -0.25) is 0 Å². The number of hydrogen-bond acceptors (Lipinski definition) is 5. The fraction of sp³-hybridized carbons (Fsp3) is 0.417. The highest BCUT2D eigenvalue weighted by atomic mass is 35.5. The normalized spacial score (nSPS) is 21.9. The molecular formula is C36H42ClNO4. The fourth-order valence-corrected chi connectivity index (χ4v) is 6.96. The van der Waals surface area contributed by atoms with Crippen LogP contribution in [0, 0.1) is 19.8 Å². The van der Waals surface area contributed by atoms with Crippen molar-refractivity contribution in [1.29, 1.82) is 0 Å². The van der Waals surface area contributed by atoms with Gasteiger partial charge in [0.05, 0.1) is 20.8 Å². The molecule has 0 aromatic heterocycles. The molecule has 0 saturated heterocycles. The topological polar surface area (TPSA) is 56.8 Å². The molecule has 1 spiro atoms. The summed E-state index contributed by atoms with van der Waals surface area (Å²) in [7, 11) is 3.15. The Morgan fingerprint density at radius 3 is 2.36 bits per heavy atom. The van der Waals surface area contributed by atoms with E-state index >= 15 is 0 Å². The molecule has 0 radical (unpaired) electrons. The van der Waals surface area contributed by atoms with Gasteiger partial charge in [0.1, 0.15) is 11.3 Å². The molecule has 0 bridgehead atoms. The van der Waals surface area contributed by atoms with E-state index in [1.807, 2.05) is 48.5 Å². The van der Waals surface area contributed by atoms with Gasteiger partial charge in [-0.15, -0.1) is 0 Å². The maximum absolute atomic E-state index is 13.3. The molecule has 1 atom stereocenters. The number of rotatable bonds is 10. The highest BCUT2D eigenvalue weighted by Gasteiger charge is 2.52. The number of esters is 1. The summed E-state index contributed by atoms with van der Waals surface area (Å²) in [4.78, 5) is 13.3. The van der Waals surface area contributed by atoms with E-state index in [9.17, 15) is 4.79 Å². The van der Waals surface area contributed by atoms with Gasteiger partial charge in [-0.1, -0.05) is 60.5 Å².